The molecule has 0 saturated heterocycles. The van der Waals surface area contributed by atoms with Crippen molar-refractivity contribution in [2.75, 3.05) is 14.2 Å². The van der Waals surface area contributed by atoms with Crippen molar-refractivity contribution in [1.29, 1.82) is 0 Å². The highest BCUT2D eigenvalue weighted by Gasteiger charge is 2.36. The average Bonchev–Trinajstić information content (AvgIpc) is 2.43. The summed E-state index contributed by atoms with van der Waals surface area (Å²) in [5.41, 5.74) is -1.25. The van der Waals surface area contributed by atoms with Crippen LogP contribution >= 0.6 is 0 Å². The summed E-state index contributed by atoms with van der Waals surface area (Å²) in [5.74, 6) is -0.663. The molecule has 1 unspecified atom stereocenters. The third kappa shape index (κ3) is 4.46. The molecule has 1 aromatic rings. The smallest absolute Gasteiger partial charge is 0.336 e. The molecule has 0 bridgehead atoms. The maximum atomic E-state index is 11.2. The largest absolute Gasteiger partial charge is 0.493 e. The number of ketones is 1. The molecule has 6 heteroatoms. The van der Waals surface area contributed by atoms with Crippen LogP contribution in [-0.2, 0) is 16.0 Å². The zero-order valence-corrected chi connectivity index (χ0v) is 12.4. The fourth-order valence-corrected chi connectivity index (χ4v) is 2.07. The van der Waals surface area contributed by atoms with Gasteiger partial charge in [-0.25, -0.2) is 4.79 Å². The fourth-order valence-electron chi connectivity index (χ4n) is 2.07. The maximum Gasteiger partial charge on any atom is 0.336 e. The first-order valence-corrected chi connectivity index (χ1v) is 6.48. The average molecular weight is 296 g/mol. The summed E-state index contributed by atoms with van der Waals surface area (Å²) in [5, 5.41) is 19.2. The predicted molar refractivity (Wildman–Crippen MR) is 75.8 cm³/mol. The second-order valence-electron chi connectivity index (χ2n) is 4.90. The number of hydrogen-bond donors (Lipinski definition) is 2. The van der Waals surface area contributed by atoms with Gasteiger partial charge in [-0.05, 0) is 37.5 Å². The van der Waals surface area contributed by atoms with E-state index in [-0.39, 0.29) is 12.2 Å². The van der Waals surface area contributed by atoms with Crippen LogP contribution < -0.4 is 9.47 Å². The van der Waals surface area contributed by atoms with Crippen LogP contribution in [0.25, 0.3) is 0 Å². The maximum absolute atomic E-state index is 11.2. The van der Waals surface area contributed by atoms with Crippen molar-refractivity contribution in [3.05, 3.63) is 23.8 Å². The molecule has 0 aromatic heterocycles. The number of carbonyl (C=O) groups is 2. The third-order valence-corrected chi connectivity index (χ3v) is 3.21. The van der Waals surface area contributed by atoms with Gasteiger partial charge in [0, 0.05) is 6.42 Å². The Morgan fingerprint density at radius 1 is 1.19 bits per heavy atom. The Morgan fingerprint density at radius 2 is 1.81 bits per heavy atom. The van der Waals surface area contributed by atoms with Crippen LogP contribution in [0.15, 0.2) is 18.2 Å². The summed E-state index contributed by atoms with van der Waals surface area (Å²) in [6.45, 7) is 1.25. The molecule has 2 N–H and O–H groups in total. The van der Waals surface area contributed by atoms with Crippen molar-refractivity contribution in [2.24, 2.45) is 0 Å². The lowest BCUT2D eigenvalue weighted by molar-refractivity contribution is -0.161. The first-order chi connectivity index (χ1) is 9.82. The molecule has 0 saturated carbocycles. The Labute approximate surface area is 123 Å². The van der Waals surface area contributed by atoms with E-state index in [0.717, 1.165) is 5.56 Å². The molecule has 21 heavy (non-hydrogen) atoms. The van der Waals surface area contributed by atoms with E-state index in [4.69, 9.17) is 14.6 Å². The quantitative estimate of drug-likeness (QED) is 0.754. The Bertz CT molecular complexity index is 525. The van der Waals surface area contributed by atoms with Crippen LogP contribution in [-0.4, -0.2) is 41.8 Å². The van der Waals surface area contributed by atoms with Crippen molar-refractivity contribution >= 4 is 11.8 Å². The topological polar surface area (TPSA) is 93.1 Å². The number of carbonyl (C=O) groups excluding carboxylic acids is 1. The van der Waals surface area contributed by atoms with Crippen molar-refractivity contribution in [1.82, 2.24) is 0 Å². The lowest BCUT2D eigenvalue weighted by Crippen LogP contribution is -2.40. The summed E-state index contributed by atoms with van der Waals surface area (Å²) in [6, 6.07) is 5.19. The van der Waals surface area contributed by atoms with E-state index >= 15 is 0 Å². The van der Waals surface area contributed by atoms with Gasteiger partial charge in [0.05, 0.1) is 14.2 Å². The molecule has 0 fully saturated rings. The molecule has 1 atom stereocenters. The fraction of sp³-hybridized carbons (Fsp3) is 0.467. The number of methoxy groups -OCH3 is 2. The minimum absolute atomic E-state index is 0.0581. The highest BCUT2D eigenvalue weighted by molar-refractivity contribution is 5.86. The van der Waals surface area contributed by atoms with E-state index in [1.165, 1.54) is 21.1 Å². The highest BCUT2D eigenvalue weighted by atomic mass is 16.5. The third-order valence-electron chi connectivity index (χ3n) is 3.21. The molecule has 116 valence electrons. The number of carboxylic acid groups (broad SMARTS) is 1. The molecule has 1 aromatic carbocycles. The van der Waals surface area contributed by atoms with E-state index in [0.29, 0.717) is 17.9 Å². The molecular formula is C15H20O6. The highest BCUT2D eigenvalue weighted by Crippen LogP contribution is 2.29. The van der Waals surface area contributed by atoms with Crippen LogP contribution in [0, 0.1) is 0 Å². The van der Waals surface area contributed by atoms with E-state index in [9.17, 15) is 14.7 Å². The summed E-state index contributed by atoms with van der Waals surface area (Å²) < 4.78 is 10.3. The minimum atomic E-state index is -2.04. The van der Waals surface area contributed by atoms with Gasteiger partial charge in [-0.1, -0.05) is 6.07 Å². The molecule has 0 radical (unpaired) electrons. The summed E-state index contributed by atoms with van der Waals surface area (Å²) >= 11 is 0. The van der Waals surface area contributed by atoms with Gasteiger partial charge in [-0.2, -0.15) is 0 Å². The lowest BCUT2D eigenvalue weighted by Gasteiger charge is -2.22. The standard InChI is InChI=1S/C15H20O6/c1-10(16)9-15(19,14(17)18)7-6-11-4-5-12(20-2)13(8-11)21-3/h4-5,8,19H,6-7,9H2,1-3H3,(H,17,18). The van der Waals surface area contributed by atoms with Gasteiger partial charge in [0.1, 0.15) is 5.78 Å². The summed E-state index contributed by atoms with van der Waals surface area (Å²) in [7, 11) is 3.03. The van der Waals surface area contributed by atoms with Crippen molar-refractivity contribution in [3.63, 3.8) is 0 Å². The molecular weight excluding hydrogens is 276 g/mol. The number of aliphatic carboxylic acids is 1. The van der Waals surface area contributed by atoms with Gasteiger partial charge in [-0.3, -0.25) is 4.79 Å². The number of Topliss-reactive ketones (excluding diaryl/α,β-unsaturated/α-hetero) is 1. The van der Waals surface area contributed by atoms with Crippen LogP contribution in [0.1, 0.15) is 25.3 Å². The number of benzene rings is 1. The van der Waals surface area contributed by atoms with E-state index < -0.39 is 18.0 Å². The second kappa shape index (κ2) is 7.08. The summed E-state index contributed by atoms with van der Waals surface area (Å²) in [4.78, 5) is 22.3. The number of rotatable bonds is 8. The monoisotopic (exact) mass is 296 g/mol. The number of carboxylic acids is 1. The van der Waals surface area contributed by atoms with Crippen LogP contribution in [0.2, 0.25) is 0 Å². The van der Waals surface area contributed by atoms with Crippen molar-refractivity contribution in [3.8, 4) is 11.5 Å². The van der Waals surface area contributed by atoms with Gasteiger partial charge in [0.15, 0.2) is 17.1 Å². The van der Waals surface area contributed by atoms with E-state index in [1.54, 1.807) is 18.2 Å². The molecule has 0 aliphatic carbocycles. The van der Waals surface area contributed by atoms with Gasteiger partial charge < -0.3 is 19.7 Å². The van der Waals surface area contributed by atoms with Gasteiger partial charge in [0.25, 0.3) is 0 Å². The Balaban J connectivity index is 2.85. The normalized spacial score (nSPS) is 13.3. The Kier molecular flexibility index (Phi) is 5.72. The molecule has 0 amide bonds. The summed E-state index contributed by atoms with van der Waals surface area (Å²) in [6.07, 6.45) is -0.163. The number of aryl methyl sites for hydroxylation is 1. The molecule has 1 rings (SSSR count). The van der Waals surface area contributed by atoms with Crippen LogP contribution in [0.5, 0.6) is 11.5 Å². The van der Waals surface area contributed by atoms with Crippen molar-refractivity contribution in [2.45, 2.75) is 31.8 Å². The molecule has 0 heterocycles. The zero-order chi connectivity index (χ0) is 16.0. The Morgan fingerprint density at radius 3 is 2.29 bits per heavy atom. The molecule has 0 spiro atoms. The number of hydrogen-bond acceptors (Lipinski definition) is 5. The molecule has 0 aliphatic rings. The molecule has 6 nitrogen and oxygen atoms in total. The minimum Gasteiger partial charge on any atom is -0.493 e. The van der Waals surface area contributed by atoms with Crippen LogP contribution in [0.3, 0.4) is 0 Å². The predicted octanol–water partition coefficient (Wildman–Crippen LogP) is 1.43. The van der Waals surface area contributed by atoms with Gasteiger partial charge >= 0.3 is 5.97 Å². The van der Waals surface area contributed by atoms with E-state index in [2.05, 4.69) is 0 Å². The SMILES string of the molecule is COc1ccc(CCC(O)(CC(C)=O)C(=O)O)cc1OC. The second-order valence-corrected chi connectivity index (χ2v) is 4.90. The Hall–Kier alpha value is -2.08. The van der Waals surface area contributed by atoms with E-state index in [1.807, 2.05) is 0 Å². The number of ether oxygens (including phenoxy) is 2. The lowest BCUT2D eigenvalue weighted by atomic mass is 9.90. The van der Waals surface area contributed by atoms with Gasteiger partial charge in [-0.15, -0.1) is 0 Å². The number of aliphatic hydroxyl groups is 1. The first kappa shape index (κ1) is 17.0. The molecule has 0 aliphatic heterocycles. The van der Waals surface area contributed by atoms with Gasteiger partial charge in [0.2, 0.25) is 0 Å². The first-order valence-electron chi connectivity index (χ1n) is 6.48. The zero-order valence-electron chi connectivity index (χ0n) is 12.4. The van der Waals surface area contributed by atoms with Crippen LogP contribution in [0.4, 0.5) is 0 Å². The van der Waals surface area contributed by atoms with Crippen molar-refractivity contribution < 1.29 is 29.3 Å².